The first-order valence-corrected chi connectivity index (χ1v) is 5.66. The Bertz CT molecular complexity index is 100. The molecule has 0 aliphatic rings. The Hall–Kier alpha value is -0.0800. The normalized spacial score (nSPS) is 13.6. The van der Waals surface area contributed by atoms with Crippen LogP contribution in [0, 0.1) is 5.92 Å². The molecule has 0 fully saturated rings. The quantitative estimate of drug-likeness (QED) is 0.629. The van der Waals surface area contributed by atoms with Crippen LogP contribution in [0.4, 0.5) is 0 Å². The molecule has 0 aromatic carbocycles. The summed E-state index contributed by atoms with van der Waals surface area (Å²) in [5.74, 6) is 0.806. The number of rotatable bonds is 8. The van der Waals surface area contributed by atoms with Crippen molar-refractivity contribution >= 4 is 0 Å². The summed E-state index contributed by atoms with van der Waals surface area (Å²) in [6.07, 6.45) is 3.83. The highest BCUT2D eigenvalue weighted by atomic mass is 15.1. The van der Waals surface area contributed by atoms with Crippen molar-refractivity contribution in [2.24, 2.45) is 11.7 Å². The summed E-state index contributed by atoms with van der Waals surface area (Å²) in [4.78, 5) is 2.48. The molecule has 0 saturated carbocycles. The molecule has 0 saturated heterocycles. The van der Waals surface area contributed by atoms with Crippen LogP contribution >= 0.6 is 0 Å². The molecule has 1 unspecified atom stereocenters. The maximum atomic E-state index is 5.50. The zero-order valence-corrected chi connectivity index (χ0v) is 9.55. The molecule has 0 bridgehead atoms. The first-order valence-electron chi connectivity index (χ1n) is 5.66. The minimum Gasteiger partial charge on any atom is -0.330 e. The topological polar surface area (TPSA) is 29.3 Å². The van der Waals surface area contributed by atoms with E-state index in [1.807, 2.05) is 0 Å². The summed E-state index contributed by atoms with van der Waals surface area (Å²) in [5.41, 5.74) is 5.50. The fourth-order valence-corrected chi connectivity index (χ4v) is 1.63. The van der Waals surface area contributed by atoms with E-state index >= 15 is 0 Å². The Morgan fingerprint density at radius 2 is 1.77 bits per heavy atom. The maximum Gasteiger partial charge on any atom is -0.00189 e. The molecule has 1 atom stereocenters. The molecule has 0 aliphatic heterocycles. The molecule has 0 rings (SSSR count). The summed E-state index contributed by atoms with van der Waals surface area (Å²) in [6.45, 7) is 11.2. The van der Waals surface area contributed by atoms with Crippen LogP contribution in [-0.2, 0) is 0 Å². The van der Waals surface area contributed by atoms with Crippen LogP contribution in [0.1, 0.15) is 40.0 Å². The van der Waals surface area contributed by atoms with E-state index in [1.165, 1.54) is 38.9 Å². The first-order chi connectivity index (χ1) is 6.24. The number of hydrogen-bond donors (Lipinski definition) is 1. The second kappa shape index (κ2) is 8.52. The monoisotopic (exact) mass is 186 g/mol. The van der Waals surface area contributed by atoms with Gasteiger partial charge in [0.25, 0.3) is 0 Å². The van der Waals surface area contributed by atoms with Gasteiger partial charge in [-0.25, -0.2) is 0 Å². The largest absolute Gasteiger partial charge is 0.330 e. The van der Waals surface area contributed by atoms with E-state index in [-0.39, 0.29) is 0 Å². The Labute approximate surface area is 83.5 Å². The van der Waals surface area contributed by atoms with Gasteiger partial charge in [-0.3, -0.25) is 0 Å². The lowest BCUT2D eigenvalue weighted by atomic mass is 10.0. The van der Waals surface area contributed by atoms with Crippen molar-refractivity contribution < 1.29 is 0 Å². The van der Waals surface area contributed by atoms with Gasteiger partial charge in [-0.1, -0.05) is 20.8 Å². The van der Waals surface area contributed by atoms with E-state index in [9.17, 15) is 0 Å². The van der Waals surface area contributed by atoms with Crippen LogP contribution in [-0.4, -0.2) is 31.1 Å². The van der Waals surface area contributed by atoms with Crippen LogP contribution in [0.2, 0.25) is 0 Å². The molecule has 80 valence electrons. The molecule has 0 aliphatic carbocycles. The van der Waals surface area contributed by atoms with Crippen molar-refractivity contribution in [3.05, 3.63) is 0 Å². The van der Waals surface area contributed by atoms with Crippen molar-refractivity contribution in [2.75, 3.05) is 26.2 Å². The van der Waals surface area contributed by atoms with Gasteiger partial charge >= 0.3 is 0 Å². The lowest BCUT2D eigenvalue weighted by Crippen LogP contribution is -2.24. The standard InChI is InChI=1S/C11H26N2/c1-4-13(5-2)10-6-7-11(3)8-9-12/h11H,4-10,12H2,1-3H3. The van der Waals surface area contributed by atoms with Crippen molar-refractivity contribution in [2.45, 2.75) is 40.0 Å². The van der Waals surface area contributed by atoms with E-state index in [2.05, 4.69) is 25.7 Å². The summed E-state index contributed by atoms with van der Waals surface area (Å²) in [6, 6.07) is 0. The van der Waals surface area contributed by atoms with Crippen LogP contribution in [0.3, 0.4) is 0 Å². The van der Waals surface area contributed by atoms with E-state index in [4.69, 9.17) is 5.73 Å². The van der Waals surface area contributed by atoms with Gasteiger partial charge in [-0.15, -0.1) is 0 Å². The van der Waals surface area contributed by atoms with Gasteiger partial charge in [0, 0.05) is 0 Å². The van der Waals surface area contributed by atoms with Gasteiger partial charge in [-0.05, 0) is 51.4 Å². The molecule has 0 heterocycles. The summed E-state index contributed by atoms with van der Waals surface area (Å²) < 4.78 is 0. The van der Waals surface area contributed by atoms with Gasteiger partial charge in [-0.2, -0.15) is 0 Å². The van der Waals surface area contributed by atoms with Crippen molar-refractivity contribution in [3.63, 3.8) is 0 Å². The number of hydrogen-bond acceptors (Lipinski definition) is 2. The predicted octanol–water partition coefficient (Wildman–Crippen LogP) is 2.09. The fraction of sp³-hybridized carbons (Fsp3) is 1.00. The third-order valence-electron chi connectivity index (χ3n) is 2.73. The van der Waals surface area contributed by atoms with Gasteiger partial charge in [0.05, 0.1) is 0 Å². The van der Waals surface area contributed by atoms with E-state index in [0.29, 0.717) is 0 Å². The molecule has 2 nitrogen and oxygen atoms in total. The Morgan fingerprint density at radius 3 is 2.23 bits per heavy atom. The lowest BCUT2D eigenvalue weighted by molar-refractivity contribution is 0.287. The molecule has 2 heteroatoms. The third-order valence-corrected chi connectivity index (χ3v) is 2.73. The summed E-state index contributed by atoms with van der Waals surface area (Å²) >= 11 is 0. The second-order valence-corrected chi connectivity index (χ2v) is 3.85. The zero-order chi connectivity index (χ0) is 10.1. The minimum absolute atomic E-state index is 0.806. The van der Waals surface area contributed by atoms with Crippen LogP contribution in [0.5, 0.6) is 0 Å². The average molecular weight is 186 g/mol. The Kier molecular flexibility index (Phi) is 8.46. The average Bonchev–Trinajstić information content (AvgIpc) is 2.13. The molecule has 0 aromatic heterocycles. The van der Waals surface area contributed by atoms with Crippen molar-refractivity contribution in [3.8, 4) is 0 Å². The predicted molar refractivity (Wildman–Crippen MR) is 59.9 cm³/mol. The molecule has 2 N–H and O–H groups in total. The zero-order valence-electron chi connectivity index (χ0n) is 9.55. The smallest absolute Gasteiger partial charge is 0.00189 e. The maximum absolute atomic E-state index is 5.50. The molecule has 0 amide bonds. The van der Waals surface area contributed by atoms with Crippen LogP contribution in [0.15, 0.2) is 0 Å². The summed E-state index contributed by atoms with van der Waals surface area (Å²) in [5, 5.41) is 0. The SMILES string of the molecule is CCN(CC)CCCC(C)CCN. The molecule has 13 heavy (non-hydrogen) atoms. The molecular formula is C11H26N2. The molecule has 0 aromatic rings. The number of nitrogens with zero attached hydrogens (tertiary/aromatic N) is 1. The highest BCUT2D eigenvalue weighted by molar-refractivity contribution is 4.57. The van der Waals surface area contributed by atoms with Crippen molar-refractivity contribution in [1.82, 2.24) is 4.90 Å². The third kappa shape index (κ3) is 7.03. The van der Waals surface area contributed by atoms with Crippen LogP contribution in [0.25, 0.3) is 0 Å². The van der Waals surface area contributed by atoms with Crippen molar-refractivity contribution in [1.29, 1.82) is 0 Å². The molecular weight excluding hydrogens is 160 g/mol. The second-order valence-electron chi connectivity index (χ2n) is 3.85. The Balaban J connectivity index is 3.32. The Morgan fingerprint density at radius 1 is 1.15 bits per heavy atom. The highest BCUT2D eigenvalue weighted by Gasteiger charge is 2.02. The van der Waals surface area contributed by atoms with Gasteiger partial charge in [0.1, 0.15) is 0 Å². The van der Waals surface area contributed by atoms with Gasteiger partial charge in [0.2, 0.25) is 0 Å². The molecule has 0 radical (unpaired) electrons. The van der Waals surface area contributed by atoms with Gasteiger partial charge in [0.15, 0.2) is 0 Å². The summed E-state index contributed by atoms with van der Waals surface area (Å²) in [7, 11) is 0. The minimum atomic E-state index is 0.806. The van der Waals surface area contributed by atoms with Crippen LogP contribution < -0.4 is 5.73 Å². The first kappa shape index (κ1) is 12.9. The van der Waals surface area contributed by atoms with Gasteiger partial charge < -0.3 is 10.6 Å². The highest BCUT2D eigenvalue weighted by Crippen LogP contribution is 2.09. The number of nitrogens with two attached hydrogens (primary N) is 1. The molecule has 0 spiro atoms. The van der Waals surface area contributed by atoms with E-state index in [0.717, 1.165) is 12.5 Å². The van der Waals surface area contributed by atoms with E-state index < -0.39 is 0 Å². The lowest BCUT2D eigenvalue weighted by Gasteiger charge is -2.18. The van der Waals surface area contributed by atoms with E-state index in [1.54, 1.807) is 0 Å². The fourth-order valence-electron chi connectivity index (χ4n) is 1.63.